The summed E-state index contributed by atoms with van der Waals surface area (Å²) in [6.07, 6.45) is 2.12. The van der Waals surface area contributed by atoms with Crippen molar-refractivity contribution in [3.63, 3.8) is 0 Å². The fraction of sp³-hybridized carbons (Fsp3) is 0.333. The monoisotopic (exact) mass is 267 g/mol. The van der Waals surface area contributed by atoms with Crippen molar-refractivity contribution in [1.29, 1.82) is 0 Å². The maximum absolute atomic E-state index is 9.53. The van der Waals surface area contributed by atoms with E-state index in [9.17, 15) is 5.11 Å². The van der Waals surface area contributed by atoms with Crippen LogP contribution in [0.5, 0.6) is 5.75 Å². The highest BCUT2D eigenvalue weighted by Gasteiger charge is 2.22. The molecule has 1 unspecified atom stereocenters. The van der Waals surface area contributed by atoms with E-state index < -0.39 is 0 Å². The Bertz CT molecular complexity index is 601. The van der Waals surface area contributed by atoms with E-state index in [0.29, 0.717) is 17.7 Å². The zero-order valence-corrected chi connectivity index (χ0v) is 12.1. The SMILES string of the molecule is CC(C)c1ccc(NC2CCc3cc(O)ccc32)cc1. The molecule has 2 aromatic rings. The minimum Gasteiger partial charge on any atom is -0.508 e. The molecule has 2 N–H and O–H groups in total. The van der Waals surface area contributed by atoms with Gasteiger partial charge in [-0.25, -0.2) is 0 Å². The summed E-state index contributed by atoms with van der Waals surface area (Å²) in [6, 6.07) is 14.8. The van der Waals surface area contributed by atoms with Gasteiger partial charge in [0.2, 0.25) is 0 Å². The lowest BCUT2D eigenvalue weighted by atomic mass is 10.0. The van der Waals surface area contributed by atoms with E-state index >= 15 is 0 Å². The Balaban J connectivity index is 1.77. The lowest BCUT2D eigenvalue weighted by Gasteiger charge is -2.16. The van der Waals surface area contributed by atoms with E-state index in [0.717, 1.165) is 12.8 Å². The Morgan fingerprint density at radius 3 is 2.55 bits per heavy atom. The zero-order chi connectivity index (χ0) is 14.1. The van der Waals surface area contributed by atoms with Crippen LogP contribution in [0.25, 0.3) is 0 Å². The van der Waals surface area contributed by atoms with Gasteiger partial charge in [-0.05, 0) is 59.7 Å². The van der Waals surface area contributed by atoms with Crippen molar-refractivity contribution in [2.75, 3.05) is 5.32 Å². The first-order valence-electron chi connectivity index (χ1n) is 7.32. The third-order valence-electron chi connectivity index (χ3n) is 4.12. The predicted molar refractivity (Wildman–Crippen MR) is 83.3 cm³/mol. The molecule has 1 atom stereocenters. The predicted octanol–water partition coefficient (Wildman–Crippen LogP) is 4.62. The van der Waals surface area contributed by atoms with Gasteiger partial charge in [0, 0.05) is 5.69 Å². The second-order valence-corrected chi connectivity index (χ2v) is 5.90. The molecule has 0 spiro atoms. The molecule has 2 heteroatoms. The fourth-order valence-electron chi connectivity index (χ4n) is 2.92. The van der Waals surface area contributed by atoms with Gasteiger partial charge in [0.25, 0.3) is 0 Å². The van der Waals surface area contributed by atoms with Gasteiger partial charge >= 0.3 is 0 Å². The van der Waals surface area contributed by atoms with E-state index in [4.69, 9.17) is 0 Å². The molecular formula is C18H21NO. The van der Waals surface area contributed by atoms with Gasteiger partial charge in [0.05, 0.1) is 6.04 Å². The third-order valence-corrected chi connectivity index (χ3v) is 4.12. The highest BCUT2D eigenvalue weighted by Crippen LogP contribution is 2.35. The van der Waals surface area contributed by atoms with Crippen LogP contribution in [0, 0.1) is 0 Å². The maximum atomic E-state index is 9.53. The second kappa shape index (κ2) is 5.20. The summed E-state index contributed by atoms with van der Waals surface area (Å²) in [4.78, 5) is 0. The Kier molecular flexibility index (Phi) is 3.39. The Morgan fingerprint density at radius 1 is 1.10 bits per heavy atom. The summed E-state index contributed by atoms with van der Waals surface area (Å²) >= 11 is 0. The van der Waals surface area contributed by atoms with Gasteiger partial charge in [0.15, 0.2) is 0 Å². The number of rotatable bonds is 3. The van der Waals surface area contributed by atoms with Crippen LogP contribution in [0.15, 0.2) is 42.5 Å². The summed E-state index contributed by atoms with van der Waals surface area (Å²) in [5.74, 6) is 0.935. The molecule has 1 aliphatic rings. The highest BCUT2D eigenvalue weighted by atomic mass is 16.3. The largest absolute Gasteiger partial charge is 0.508 e. The second-order valence-electron chi connectivity index (χ2n) is 5.90. The molecule has 0 aromatic heterocycles. The van der Waals surface area contributed by atoms with Crippen LogP contribution in [0.2, 0.25) is 0 Å². The van der Waals surface area contributed by atoms with Gasteiger partial charge in [-0.2, -0.15) is 0 Å². The van der Waals surface area contributed by atoms with Crippen molar-refractivity contribution in [3.05, 3.63) is 59.2 Å². The summed E-state index contributed by atoms with van der Waals surface area (Å²) in [5.41, 5.74) is 5.12. The Labute approximate surface area is 120 Å². The number of aromatic hydroxyl groups is 1. The molecule has 0 bridgehead atoms. The van der Waals surface area contributed by atoms with Crippen molar-refractivity contribution in [2.24, 2.45) is 0 Å². The van der Waals surface area contributed by atoms with Gasteiger partial charge in [0.1, 0.15) is 5.75 Å². The normalized spacial score (nSPS) is 17.2. The summed E-state index contributed by atoms with van der Waals surface area (Å²) in [6.45, 7) is 4.42. The van der Waals surface area contributed by atoms with Gasteiger partial charge in [-0.3, -0.25) is 0 Å². The lowest BCUT2D eigenvalue weighted by Crippen LogP contribution is -2.07. The smallest absolute Gasteiger partial charge is 0.115 e. The van der Waals surface area contributed by atoms with Crippen LogP contribution in [0.3, 0.4) is 0 Å². The molecule has 0 amide bonds. The van der Waals surface area contributed by atoms with Crippen molar-refractivity contribution in [3.8, 4) is 5.75 Å². The average molecular weight is 267 g/mol. The van der Waals surface area contributed by atoms with Gasteiger partial charge in [-0.1, -0.05) is 32.0 Å². The van der Waals surface area contributed by atoms with Crippen molar-refractivity contribution in [2.45, 2.75) is 38.6 Å². The molecular weight excluding hydrogens is 246 g/mol. The highest BCUT2D eigenvalue weighted by molar-refractivity contribution is 5.50. The Hall–Kier alpha value is -1.96. The number of phenolic OH excluding ortho intramolecular Hbond substituents is 1. The first kappa shape index (κ1) is 13.0. The van der Waals surface area contributed by atoms with Gasteiger partial charge < -0.3 is 10.4 Å². The van der Waals surface area contributed by atoms with Crippen LogP contribution in [-0.4, -0.2) is 5.11 Å². The molecule has 0 radical (unpaired) electrons. The number of hydrogen-bond acceptors (Lipinski definition) is 2. The third kappa shape index (κ3) is 2.51. The topological polar surface area (TPSA) is 32.3 Å². The average Bonchev–Trinajstić information content (AvgIpc) is 2.81. The van der Waals surface area contributed by atoms with E-state index in [1.54, 1.807) is 6.07 Å². The molecule has 2 nitrogen and oxygen atoms in total. The number of hydrogen-bond donors (Lipinski definition) is 2. The van der Waals surface area contributed by atoms with E-state index in [1.165, 1.54) is 22.4 Å². The molecule has 0 saturated carbocycles. The van der Waals surface area contributed by atoms with Crippen LogP contribution in [0.4, 0.5) is 5.69 Å². The summed E-state index contributed by atoms with van der Waals surface area (Å²) < 4.78 is 0. The molecule has 3 rings (SSSR count). The van der Waals surface area contributed by atoms with Crippen LogP contribution >= 0.6 is 0 Å². The number of nitrogens with one attached hydrogen (secondary N) is 1. The van der Waals surface area contributed by atoms with Gasteiger partial charge in [-0.15, -0.1) is 0 Å². The minimum absolute atomic E-state index is 0.357. The standard InChI is InChI=1S/C18H21NO/c1-12(2)13-3-6-15(7-4-13)19-18-10-5-14-11-16(20)8-9-17(14)18/h3-4,6-9,11-12,18-20H,5,10H2,1-2H3. The number of aryl methyl sites for hydroxylation is 1. The quantitative estimate of drug-likeness (QED) is 0.850. The molecule has 0 aliphatic heterocycles. The molecule has 0 saturated heterocycles. The first-order valence-corrected chi connectivity index (χ1v) is 7.32. The van der Waals surface area contributed by atoms with Crippen molar-refractivity contribution >= 4 is 5.69 Å². The number of fused-ring (bicyclic) bond motifs is 1. The molecule has 0 heterocycles. The minimum atomic E-state index is 0.357. The molecule has 0 fully saturated rings. The zero-order valence-electron chi connectivity index (χ0n) is 12.1. The van der Waals surface area contributed by atoms with Crippen LogP contribution < -0.4 is 5.32 Å². The maximum Gasteiger partial charge on any atom is 0.115 e. The number of benzene rings is 2. The van der Waals surface area contributed by atoms with Crippen LogP contribution in [0.1, 0.15) is 48.9 Å². The lowest BCUT2D eigenvalue weighted by molar-refractivity contribution is 0.474. The summed E-state index contributed by atoms with van der Waals surface area (Å²) in [5, 5.41) is 13.1. The Morgan fingerprint density at radius 2 is 1.85 bits per heavy atom. The van der Waals surface area contributed by atoms with E-state index in [2.05, 4.69) is 43.4 Å². The number of phenols is 1. The molecule has 104 valence electrons. The van der Waals surface area contributed by atoms with E-state index in [1.807, 2.05) is 12.1 Å². The van der Waals surface area contributed by atoms with Crippen LogP contribution in [-0.2, 0) is 6.42 Å². The van der Waals surface area contributed by atoms with Crippen molar-refractivity contribution in [1.82, 2.24) is 0 Å². The molecule has 2 aromatic carbocycles. The summed E-state index contributed by atoms with van der Waals surface area (Å²) in [7, 11) is 0. The fourth-order valence-corrected chi connectivity index (χ4v) is 2.92. The first-order chi connectivity index (χ1) is 9.63. The molecule has 20 heavy (non-hydrogen) atoms. The molecule has 1 aliphatic carbocycles. The van der Waals surface area contributed by atoms with E-state index in [-0.39, 0.29) is 0 Å². The number of anilines is 1. The van der Waals surface area contributed by atoms with Crippen molar-refractivity contribution < 1.29 is 5.11 Å².